The van der Waals surface area contributed by atoms with Crippen LogP contribution in [-0.2, 0) is 11.2 Å². The maximum atomic E-state index is 11.7. The molecule has 2 rings (SSSR count). The summed E-state index contributed by atoms with van der Waals surface area (Å²) in [6.07, 6.45) is -0.649. The molecular weight excluding hydrogens is 266 g/mol. The molecule has 1 aliphatic carbocycles. The third kappa shape index (κ3) is 3.19. The highest BCUT2D eigenvalue weighted by Gasteiger charge is 2.33. The topological polar surface area (TPSA) is 58.6 Å². The van der Waals surface area contributed by atoms with Crippen molar-refractivity contribution in [2.75, 3.05) is 0 Å². The van der Waals surface area contributed by atoms with Crippen LogP contribution >= 0.6 is 11.6 Å². The minimum Gasteiger partial charge on any atom is -0.439 e. The van der Waals surface area contributed by atoms with Crippen molar-refractivity contribution in [1.82, 2.24) is 5.32 Å². The van der Waals surface area contributed by atoms with E-state index < -0.39 is 18.3 Å². The fourth-order valence-corrected chi connectivity index (χ4v) is 2.59. The Bertz CT molecular complexity index is 476. The molecule has 0 spiro atoms. The van der Waals surface area contributed by atoms with Gasteiger partial charge in [0.15, 0.2) is 6.10 Å². The smallest absolute Gasteiger partial charge is 0.408 e. The summed E-state index contributed by atoms with van der Waals surface area (Å²) in [6.45, 7) is 3.69. The van der Waals surface area contributed by atoms with Crippen LogP contribution in [0, 0.1) is 0 Å². The Kier molecular flexibility index (Phi) is 4.32. The van der Waals surface area contributed by atoms with E-state index in [1.807, 2.05) is 26.0 Å². The van der Waals surface area contributed by atoms with Crippen molar-refractivity contribution in [1.29, 1.82) is 0 Å². The third-order valence-corrected chi connectivity index (χ3v) is 3.46. The zero-order valence-corrected chi connectivity index (χ0v) is 11.8. The summed E-state index contributed by atoms with van der Waals surface area (Å²) in [5.74, 6) is 0. The zero-order valence-electron chi connectivity index (χ0n) is 11.0. The number of halogens is 1. The molecule has 0 fully saturated rings. The van der Waals surface area contributed by atoms with Crippen LogP contribution in [0.5, 0.6) is 0 Å². The standard InChI is InChI=1S/C14H18ClNO3/c1-8(2)16-14(18)19-13-11(17)7-6-9-4-3-5-10(15)12(9)13/h3-5,8,11,13,17H,6-7H2,1-2H3,(H,16,18)/t11-,13-/m1/s1. The maximum absolute atomic E-state index is 11.7. The molecule has 1 aromatic carbocycles. The van der Waals surface area contributed by atoms with E-state index in [9.17, 15) is 9.90 Å². The number of fused-ring (bicyclic) bond motifs is 1. The highest BCUT2D eigenvalue weighted by Crippen LogP contribution is 2.37. The van der Waals surface area contributed by atoms with Crippen LogP contribution in [0.2, 0.25) is 5.02 Å². The van der Waals surface area contributed by atoms with Gasteiger partial charge in [-0.2, -0.15) is 0 Å². The average molecular weight is 284 g/mol. The van der Waals surface area contributed by atoms with E-state index in [0.717, 1.165) is 17.5 Å². The van der Waals surface area contributed by atoms with Gasteiger partial charge in [-0.05, 0) is 38.3 Å². The lowest BCUT2D eigenvalue weighted by molar-refractivity contribution is -0.00910. The Morgan fingerprint density at radius 2 is 2.26 bits per heavy atom. The molecule has 1 aliphatic rings. The normalized spacial score (nSPS) is 21.9. The molecule has 0 aromatic heterocycles. The lowest BCUT2D eigenvalue weighted by Crippen LogP contribution is -2.36. The molecule has 0 saturated heterocycles. The molecule has 19 heavy (non-hydrogen) atoms. The van der Waals surface area contributed by atoms with Gasteiger partial charge in [-0.15, -0.1) is 0 Å². The van der Waals surface area contributed by atoms with Crippen molar-refractivity contribution in [3.05, 3.63) is 34.3 Å². The van der Waals surface area contributed by atoms with Crippen LogP contribution in [0.15, 0.2) is 18.2 Å². The number of nitrogens with one attached hydrogen (secondary N) is 1. The van der Waals surface area contributed by atoms with Crippen LogP contribution in [0.4, 0.5) is 4.79 Å². The number of rotatable bonds is 2. The van der Waals surface area contributed by atoms with Gasteiger partial charge >= 0.3 is 6.09 Å². The maximum Gasteiger partial charge on any atom is 0.408 e. The van der Waals surface area contributed by atoms with Gasteiger partial charge < -0.3 is 15.2 Å². The number of carbonyl (C=O) groups is 1. The molecule has 0 aliphatic heterocycles. The van der Waals surface area contributed by atoms with Crippen LogP contribution in [0.3, 0.4) is 0 Å². The van der Waals surface area contributed by atoms with Crippen molar-refractivity contribution >= 4 is 17.7 Å². The second kappa shape index (κ2) is 5.80. The van der Waals surface area contributed by atoms with Gasteiger partial charge in [-0.3, -0.25) is 0 Å². The first-order valence-corrected chi connectivity index (χ1v) is 6.79. The molecule has 2 N–H and O–H groups in total. The first kappa shape index (κ1) is 14.2. The lowest BCUT2D eigenvalue weighted by atomic mass is 9.87. The molecule has 1 amide bonds. The van der Waals surface area contributed by atoms with E-state index in [2.05, 4.69) is 5.32 Å². The van der Waals surface area contributed by atoms with Crippen molar-refractivity contribution in [3.63, 3.8) is 0 Å². The molecule has 0 heterocycles. The Balaban J connectivity index is 2.23. The molecule has 5 heteroatoms. The Hall–Kier alpha value is -1.26. The number of ether oxygens (including phenoxy) is 1. The highest BCUT2D eigenvalue weighted by molar-refractivity contribution is 6.31. The van der Waals surface area contributed by atoms with E-state index in [-0.39, 0.29) is 6.04 Å². The Labute approximate surface area is 117 Å². The van der Waals surface area contributed by atoms with Gasteiger partial charge in [-0.1, -0.05) is 23.7 Å². The van der Waals surface area contributed by atoms with Crippen molar-refractivity contribution in [2.24, 2.45) is 0 Å². The molecule has 0 radical (unpaired) electrons. The van der Waals surface area contributed by atoms with E-state index >= 15 is 0 Å². The van der Waals surface area contributed by atoms with Crippen LogP contribution in [-0.4, -0.2) is 23.3 Å². The van der Waals surface area contributed by atoms with E-state index in [4.69, 9.17) is 16.3 Å². The predicted molar refractivity (Wildman–Crippen MR) is 73.3 cm³/mol. The van der Waals surface area contributed by atoms with Gasteiger partial charge in [0.1, 0.15) is 0 Å². The van der Waals surface area contributed by atoms with Crippen molar-refractivity contribution in [3.8, 4) is 0 Å². The van der Waals surface area contributed by atoms with Crippen molar-refractivity contribution < 1.29 is 14.6 Å². The number of hydrogen-bond donors (Lipinski definition) is 2. The number of carbonyl (C=O) groups excluding carboxylic acids is 1. The number of aliphatic hydroxyl groups excluding tert-OH is 1. The summed E-state index contributed by atoms with van der Waals surface area (Å²) in [7, 11) is 0. The summed E-state index contributed by atoms with van der Waals surface area (Å²) < 4.78 is 5.34. The molecule has 0 unspecified atom stereocenters. The van der Waals surface area contributed by atoms with Gasteiger partial charge in [0, 0.05) is 16.6 Å². The third-order valence-electron chi connectivity index (χ3n) is 3.13. The van der Waals surface area contributed by atoms with Gasteiger partial charge in [0.25, 0.3) is 0 Å². The molecule has 4 nitrogen and oxygen atoms in total. The van der Waals surface area contributed by atoms with Gasteiger partial charge in [0.05, 0.1) is 6.10 Å². The summed E-state index contributed by atoms with van der Waals surface area (Å²) in [5, 5.41) is 13.2. The summed E-state index contributed by atoms with van der Waals surface area (Å²) >= 11 is 6.17. The molecule has 104 valence electrons. The molecule has 1 aromatic rings. The second-order valence-corrected chi connectivity index (χ2v) is 5.45. The first-order valence-electron chi connectivity index (χ1n) is 6.41. The summed E-state index contributed by atoms with van der Waals surface area (Å²) in [6, 6.07) is 5.54. The van der Waals surface area contributed by atoms with E-state index in [1.54, 1.807) is 6.07 Å². The second-order valence-electron chi connectivity index (χ2n) is 5.04. The molecule has 0 bridgehead atoms. The fourth-order valence-electron chi connectivity index (χ4n) is 2.29. The van der Waals surface area contributed by atoms with Gasteiger partial charge in [0.2, 0.25) is 0 Å². The SMILES string of the molecule is CC(C)NC(=O)O[C@H]1c2c(Cl)cccc2CC[C@H]1O. The van der Waals surface area contributed by atoms with Crippen molar-refractivity contribution in [2.45, 2.75) is 44.9 Å². The Morgan fingerprint density at radius 3 is 2.95 bits per heavy atom. The average Bonchev–Trinajstić information content (AvgIpc) is 2.32. The first-order chi connectivity index (χ1) is 8.99. The molecular formula is C14H18ClNO3. The molecule has 2 atom stereocenters. The number of alkyl carbamates (subject to hydrolysis) is 1. The zero-order chi connectivity index (χ0) is 14.0. The number of amides is 1. The van der Waals surface area contributed by atoms with Gasteiger partial charge in [-0.25, -0.2) is 4.79 Å². The van der Waals surface area contributed by atoms with E-state index in [1.165, 1.54) is 0 Å². The Morgan fingerprint density at radius 1 is 1.53 bits per heavy atom. The number of aliphatic hydroxyl groups is 1. The van der Waals surface area contributed by atoms with Crippen LogP contribution in [0.25, 0.3) is 0 Å². The summed E-state index contributed by atoms with van der Waals surface area (Å²) in [4.78, 5) is 11.7. The monoisotopic (exact) mass is 283 g/mol. The number of benzene rings is 1. The van der Waals surface area contributed by atoms with Crippen LogP contribution in [0.1, 0.15) is 37.5 Å². The number of aryl methyl sites for hydroxylation is 1. The highest BCUT2D eigenvalue weighted by atomic mass is 35.5. The molecule has 0 saturated carbocycles. The number of hydrogen-bond acceptors (Lipinski definition) is 3. The van der Waals surface area contributed by atoms with E-state index in [0.29, 0.717) is 11.4 Å². The van der Waals surface area contributed by atoms with Crippen LogP contribution < -0.4 is 5.32 Å². The summed E-state index contributed by atoms with van der Waals surface area (Å²) in [5.41, 5.74) is 1.75. The fraction of sp³-hybridized carbons (Fsp3) is 0.500. The predicted octanol–water partition coefficient (Wildman–Crippen LogP) is 2.82. The quantitative estimate of drug-likeness (QED) is 0.877. The minimum atomic E-state index is -0.717. The minimum absolute atomic E-state index is 0.0149. The lowest BCUT2D eigenvalue weighted by Gasteiger charge is -2.30. The largest absolute Gasteiger partial charge is 0.439 e.